The number of halogens is 2. The highest BCUT2D eigenvalue weighted by Gasteiger charge is 2.19. The molecule has 0 aliphatic carbocycles. The van der Waals surface area contributed by atoms with Gasteiger partial charge < -0.3 is 16.4 Å². The SMILES string of the molecule is Nc1cc2c(cc1Nc1cccc(F)c1F)NC(=O)C2. The first-order valence-electron chi connectivity index (χ1n) is 5.98. The van der Waals surface area contributed by atoms with Crippen molar-refractivity contribution >= 4 is 28.7 Å². The van der Waals surface area contributed by atoms with Gasteiger partial charge in [0.05, 0.1) is 23.5 Å². The van der Waals surface area contributed by atoms with E-state index in [1.165, 1.54) is 12.1 Å². The summed E-state index contributed by atoms with van der Waals surface area (Å²) in [4.78, 5) is 11.3. The van der Waals surface area contributed by atoms with Crippen LogP contribution in [0.5, 0.6) is 0 Å². The molecule has 102 valence electrons. The topological polar surface area (TPSA) is 67.2 Å². The summed E-state index contributed by atoms with van der Waals surface area (Å²) in [6.07, 6.45) is 0.272. The highest BCUT2D eigenvalue weighted by Crippen LogP contribution is 2.33. The van der Waals surface area contributed by atoms with E-state index in [9.17, 15) is 13.6 Å². The molecule has 1 amide bonds. The summed E-state index contributed by atoms with van der Waals surface area (Å²) in [5, 5.41) is 5.41. The van der Waals surface area contributed by atoms with Crippen molar-refractivity contribution in [3.8, 4) is 0 Å². The van der Waals surface area contributed by atoms with Gasteiger partial charge in [-0.2, -0.15) is 0 Å². The summed E-state index contributed by atoms with van der Waals surface area (Å²) in [6, 6.07) is 7.09. The van der Waals surface area contributed by atoms with E-state index in [2.05, 4.69) is 10.6 Å². The van der Waals surface area contributed by atoms with Crippen LogP contribution >= 0.6 is 0 Å². The molecule has 2 aromatic carbocycles. The fourth-order valence-electron chi connectivity index (χ4n) is 2.15. The Morgan fingerprint density at radius 3 is 2.80 bits per heavy atom. The van der Waals surface area contributed by atoms with Crippen molar-refractivity contribution in [2.75, 3.05) is 16.4 Å². The van der Waals surface area contributed by atoms with Crippen LogP contribution in [0.4, 0.5) is 31.5 Å². The van der Waals surface area contributed by atoms with E-state index in [1.807, 2.05) is 0 Å². The molecule has 3 rings (SSSR count). The van der Waals surface area contributed by atoms with Crippen molar-refractivity contribution < 1.29 is 13.6 Å². The Hall–Kier alpha value is -2.63. The average molecular weight is 275 g/mol. The van der Waals surface area contributed by atoms with Crippen molar-refractivity contribution in [1.29, 1.82) is 0 Å². The molecule has 0 saturated heterocycles. The zero-order chi connectivity index (χ0) is 14.3. The van der Waals surface area contributed by atoms with Crippen LogP contribution in [-0.4, -0.2) is 5.91 Å². The first-order chi connectivity index (χ1) is 9.54. The molecule has 0 saturated carbocycles. The lowest BCUT2D eigenvalue weighted by atomic mass is 10.1. The molecular weight excluding hydrogens is 264 g/mol. The largest absolute Gasteiger partial charge is 0.397 e. The highest BCUT2D eigenvalue weighted by atomic mass is 19.2. The molecule has 2 aromatic rings. The summed E-state index contributed by atoms with van der Waals surface area (Å²) in [7, 11) is 0. The Kier molecular flexibility index (Phi) is 2.78. The maximum atomic E-state index is 13.6. The Bertz CT molecular complexity index is 716. The van der Waals surface area contributed by atoms with E-state index < -0.39 is 11.6 Å². The number of hydrogen-bond donors (Lipinski definition) is 3. The predicted octanol–water partition coefficient (Wildman–Crippen LogP) is 2.79. The van der Waals surface area contributed by atoms with Gasteiger partial charge in [0.15, 0.2) is 11.6 Å². The van der Waals surface area contributed by atoms with Gasteiger partial charge in [0.2, 0.25) is 5.91 Å². The number of nitrogens with one attached hydrogen (secondary N) is 2. The maximum absolute atomic E-state index is 13.6. The quantitative estimate of drug-likeness (QED) is 0.738. The van der Waals surface area contributed by atoms with E-state index in [1.54, 1.807) is 12.1 Å². The van der Waals surface area contributed by atoms with Crippen LogP contribution in [-0.2, 0) is 11.2 Å². The molecule has 0 radical (unpaired) electrons. The summed E-state index contributed by atoms with van der Waals surface area (Å²) in [6.45, 7) is 0. The first-order valence-corrected chi connectivity index (χ1v) is 5.98. The van der Waals surface area contributed by atoms with Gasteiger partial charge in [-0.05, 0) is 29.8 Å². The lowest BCUT2D eigenvalue weighted by Crippen LogP contribution is -2.03. The van der Waals surface area contributed by atoms with Gasteiger partial charge in [-0.1, -0.05) is 6.07 Å². The Morgan fingerprint density at radius 2 is 2.00 bits per heavy atom. The minimum absolute atomic E-state index is 0.0130. The predicted molar refractivity (Wildman–Crippen MR) is 72.8 cm³/mol. The zero-order valence-corrected chi connectivity index (χ0v) is 10.3. The monoisotopic (exact) mass is 275 g/mol. The Morgan fingerprint density at radius 1 is 1.20 bits per heavy atom. The number of anilines is 4. The van der Waals surface area contributed by atoms with E-state index in [4.69, 9.17) is 5.73 Å². The molecule has 6 heteroatoms. The lowest BCUT2D eigenvalue weighted by Gasteiger charge is -2.12. The van der Waals surface area contributed by atoms with Gasteiger partial charge in [0.25, 0.3) is 0 Å². The number of rotatable bonds is 2. The van der Waals surface area contributed by atoms with E-state index in [0.29, 0.717) is 17.1 Å². The lowest BCUT2D eigenvalue weighted by molar-refractivity contribution is -0.115. The van der Waals surface area contributed by atoms with Crippen LogP contribution < -0.4 is 16.4 Å². The van der Waals surface area contributed by atoms with Gasteiger partial charge in [-0.25, -0.2) is 8.78 Å². The van der Waals surface area contributed by atoms with Crippen LogP contribution in [0.1, 0.15) is 5.56 Å². The first kappa shape index (κ1) is 12.4. The number of fused-ring (bicyclic) bond motifs is 1. The fourth-order valence-corrected chi connectivity index (χ4v) is 2.15. The van der Waals surface area contributed by atoms with Crippen molar-refractivity contribution in [2.45, 2.75) is 6.42 Å². The number of carbonyl (C=O) groups is 1. The van der Waals surface area contributed by atoms with Gasteiger partial charge in [-0.3, -0.25) is 4.79 Å². The number of benzene rings is 2. The summed E-state index contributed by atoms with van der Waals surface area (Å²) >= 11 is 0. The van der Waals surface area contributed by atoms with Gasteiger partial charge in [0, 0.05) is 5.69 Å². The number of nitrogen functional groups attached to an aromatic ring is 1. The Balaban J connectivity index is 1.98. The molecule has 0 bridgehead atoms. The van der Waals surface area contributed by atoms with Crippen LogP contribution in [0.25, 0.3) is 0 Å². The third-order valence-corrected chi connectivity index (χ3v) is 3.12. The fraction of sp³-hybridized carbons (Fsp3) is 0.0714. The number of carbonyl (C=O) groups excluding carboxylic acids is 1. The molecule has 1 aliphatic rings. The number of amides is 1. The zero-order valence-electron chi connectivity index (χ0n) is 10.3. The molecule has 0 aromatic heterocycles. The molecule has 1 aliphatic heterocycles. The van der Waals surface area contributed by atoms with Crippen LogP contribution in [0.2, 0.25) is 0 Å². The molecule has 1 heterocycles. The molecule has 0 spiro atoms. The second-order valence-electron chi connectivity index (χ2n) is 4.55. The third kappa shape index (κ3) is 2.05. The molecule has 0 unspecified atom stereocenters. The van der Waals surface area contributed by atoms with Crippen molar-refractivity contribution in [2.24, 2.45) is 0 Å². The second-order valence-corrected chi connectivity index (χ2v) is 4.55. The van der Waals surface area contributed by atoms with Crippen LogP contribution in [0.15, 0.2) is 30.3 Å². The summed E-state index contributed by atoms with van der Waals surface area (Å²) in [5.41, 5.74) is 8.04. The van der Waals surface area contributed by atoms with Gasteiger partial charge in [0.1, 0.15) is 0 Å². The van der Waals surface area contributed by atoms with E-state index in [0.717, 1.165) is 11.6 Å². The average Bonchev–Trinajstić information content (AvgIpc) is 2.74. The van der Waals surface area contributed by atoms with Gasteiger partial charge in [-0.15, -0.1) is 0 Å². The Labute approximate surface area is 113 Å². The van der Waals surface area contributed by atoms with E-state index in [-0.39, 0.29) is 18.0 Å². The molecule has 4 nitrogen and oxygen atoms in total. The summed E-state index contributed by atoms with van der Waals surface area (Å²) < 4.78 is 26.8. The summed E-state index contributed by atoms with van der Waals surface area (Å²) in [5.74, 6) is -2.03. The van der Waals surface area contributed by atoms with Crippen LogP contribution in [0, 0.1) is 11.6 Å². The molecule has 4 N–H and O–H groups in total. The molecule has 0 atom stereocenters. The standard InChI is InChI=1S/C14H11F2N3O/c15-8-2-1-3-10(14(8)16)18-12-6-11-7(4-9(12)17)5-13(20)19-11/h1-4,6,18H,5,17H2,(H,19,20). The van der Waals surface area contributed by atoms with Crippen molar-refractivity contribution in [1.82, 2.24) is 0 Å². The van der Waals surface area contributed by atoms with Crippen LogP contribution in [0.3, 0.4) is 0 Å². The minimum atomic E-state index is -0.976. The second kappa shape index (κ2) is 4.48. The molecule has 20 heavy (non-hydrogen) atoms. The van der Waals surface area contributed by atoms with E-state index >= 15 is 0 Å². The van der Waals surface area contributed by atoms with Crippen molar-refractivity contribution in [3.63, 3.8) is 0 Å². The van der Waals surface area contributed by atoms with Gasteiger partial charge >= 0.3 is 0 Å². The molecule has 0 fully saturated rings. The maximum Gasteiger partial charge on any atom is 0.228 e. The smallest absolute Gasteiger partial charge is 0.228 e. The minimum Gasteiger partial charge on any atom is -0.397 e. The third-order valence-electron chi connectivity index (χ3n) is 3.12. The molecular formula is C14H11F2N3O. The number of nitrogens with two attached hydrogens (primary N) is 1. The van der Waals surface area contributed by atoms with Crippen molar-refractivity contribution in [3.05, 3.63) is 47.5 Å². The number of hydrogen-bond acceptors (Lipinski definition) is 3. The highest BCUT2D eigenvalue weighted by molar-refractivity contribution is 6.01. The normalized spacial score (nSPS) is 13.0.